The third kappa shape index (κ3) is 4.15. The molecule has 1 heterocycles. The van der Waals surface area contributed by atoms with Crippen LogP contribution >= 0.6 is 0 Å². The van der Waals surface area contributed by atoms with Crippen molar-refractivity contribution in [3.63, 3.8) is 0 Å². The summed E-state index contributed by atoms with van der Waals surface area (Å²) in [7, 11) is 1.55. The van der Waals surface area contributed by atoms with Crippen molar-refractivity contribution in [2.45, 2.75) is 19.9 Å². The molecule has 2 rings (SSSR count). The van der Waals surface area contributed by atoms with Crippen LogP contribution in [0.5, 0.6) is 0 Å². The van der Waals surface area contributed by atoms with Crippen molar-refractivity contribution < 1.29 is 14.0 Å². The Hall–Kier alpha value is -2.70. The molecule has 1 unspecified atom stereocenters. The molecule has 1 aromatic heterocycles. The molecule has 1 N–H and O–H groups in total. The van der Waals surface area contributed by atoms with E-state index in [1.807, 2.05) is 0 Å². The summed E-state index contributed by atoms with van der Waals surface area (Å²) in [5.41, 5.74) is 1.15. The lowest BCUT2D eigenvalue weighted by molar-refractivity contribution is -0.136. The van der Waals surface area contributed by atoms with Crippen molar-refractivity contribution in [1.82, 2.24) is 14.7 Å². The Bertz CT molecular complexity index is 700. The molecule has 0 aliphatic rings. The molecule has 23 heavy (non-hydrogen) atoms. The molecule has 0 bridgehead atoms. The molecule has 0 aliphatic heterocycles. The van der Waals surface area contributed by atoms with Crippen LogP contribution in [-0.4, -0.2) is 40.1 Å². The van der Waals surface area contributed by atoms with Gasteiger partial charge >= 0.3 is 0 Å². The standard InChI is InChI=1S/C16H19FN4O2/c1-11-9-13(17)5-6-14(11)19-15(22)10-20(3)16(23)12(2)21-8-4-7-18-21/h4-9,12H,10H2,1-3H3,(H,19,22). The van der Waals surface area contributed by atoms with Crippen LogP contribution in [0, 0.1) is 12.7 Å². The molecule has 0 saturated carbocycles. The summed E-state index contributed by atoms with van der Waals surface area (Å²) >= 11 is 0. The van der Waals surface area contributed by atoms with E-state index in [-0.39, 0.29) is 24.2 Å². The lowest BCUT2D eigenvalue weighted by atomic mass is 10.2. The quantitative estimate of drug-likeness (QED) is 0.917. The minimum absolute atomic E-state index is 0.0960. The van der Waals surface area contributed by atoms with Crippen molar-refractivity contribution in [3.05, 3.63) is 48.0 Å². The maximum Gasteiger partial charge on any atom is 0.247 e. The van der Waals surface area contributed by atoms with Crippen molar-refractivity contribution >= 4 is 17.5 Å². The van der Waals surface area contributed by atoms with Gasteiger partial charge in [-0.25, -0.2) is 4.39 Å². The highest BCUT2D eigenvalue weighted by Gasteiger charge is 2.21. The lowest BCUT2D eigenvalue weighted by Crippen LogP contribution is -2.38. The Morgan fingerprint density at radius 2 is 2.17 bits per heavy atom. The van der Waals surface area contributed by atoms with Crippen molar-refractivity contribution in [1.29, 1.82) is 0 Å². The summed E-state index contributed by atoms with van der Waals surface area (Å²) in [5.74, 6) is -0.927. The van der Waals surface area contributed by atoms with Crippen LogP contribution in [0.2, 0.25) is 0 Å². The fraction of sp³-hybridized carbons (Fsp3) is 0.312. The number of halogens is 1. The van der Waals surface area contributed by atoms with Gasteiger partial charge in [-0.05, 0) is 43.7 Å². The van der Waals surface area contributed by atoms with E-state index in [2.05, 4.69) is 10.4 Å². The highest BCUT2D eigenvalue weighted by molar-refractivity contribution is 5.95. The van der Waals surface area contributed by atoms with E-state index in [0.717, 1.165) is 0 Å². The van der Waals surface area contributed by atoms with Crippen LogP contribution in [0.1, 0.15) is 18.5 Å². The Morgan fingerprint density at radius 3 is 2.78 bits per heavy atom. The number of nitrogens with one attached hydrogen (secondary N) is 1. The molecule has 122 valence electrons. The molecule has 0 fully saturated rings. The number of anilines is 1. The number of carbonyl (C=O) groups excluding carboxylic acids is 2. The minimum atomic E-state index is -0.490. The number of aromatic nitrogens is 2. The smallest absolute Gasteiger partial charge is 0.247 e. The Kier molecular flexibility index (Phi) is 5.10. The van der Waals surface area contributed by atoms with Gasteiger partial charge in [0.15, 0.2) is 0 Å². The summed E-state index contributed by atoms with van der Waals surface area (Å²) in [4.78, 5) is 25.7. The second-order valence-electron chi connectivity index (χ2n) is 5.36. The first kappa shape index (κ1) is 16.7. The van der Waals surface area contributed by atoms with Crippen molar-refractivity contribution in [3.8, 4) is 0 Å². The first-order valence-corrected chi connectivity index (χ1v) is 7.18. The maximum atomic E-state index is 13.1. The number of carbonyl (C=O) groups is 2. The van der Waals surface area contributed by atoms with Gasteiger partial charge in [0.25, 0.3) is 0 Å². The monoisotopic (exact) mass is 318 g/mol. The van der Waals surface area contributed by atoms with E-state index < -0.39 is 6.04 Å². The van der Waals surface area contributed by atoms with Crippen LogP contribution in [0.3, 0.4) is 0 Å². The zero-order chi connectivity index (χ0) is 17.0. The molecule has 7 heteroatoms. The van der Waals surface area contributed by atoms with Gasteiger partial charge in [0.1, 0.15) is 11.9 Å². The summed E-state index contributed by atoms with van der Waals surface area (Å²) in [6.45, 7) is 3.32. The van der Waals surface area contributed by atoms with Crippen molar-refractivity contribution in [2.75, 3.05) is 18.9 Å². The number of amides is 2. The number of likely N-dealkylation sites (N-methyl/N-ethyl adjacent to an activating group) is 1. The minimum Gasteiger partial charge on any atom is -0.335 e. The molecule has 6 nitrogen and oxygen atoms in total. The molecule has 0 spiro atoms. The van der Waals surface area contributed by atoms with Crippen LogP contribution in [-0.2, 0) is 9.59 Å². The topological polar surface area (TPSA) is 67.2 Å². The Morgan fingerprint density at radius 1 is 1.43 bits per heavy atom. The average molecular weight is 318 g/mol. The highest BCUT2D eigenvalue weighted by Crippen LogP contribution is 2.15. The van der Waals surface area contributed by atoms with Crippen LogP contribution in [0.4, 0.5) is 10.1 Å². The fourth-order valence-electron chi connectivity index (χ4n) is 2.19. The van der Waals surface area contributed by atoms with Gasteiger partial charge in [-0.15, -0.1) is 0 Å². The fourth-order valence-corrected chi connectivity index (χ4v) is 2.19. The summed E-state index contributed by atoms with van der Waals surface area (Å²) in [5, 5.41) is 6.69. The van der Waals surface area contributed by atoms with Gasteiger partial charge in [-0.3, -0.25) is 14.3 Å². The van der Waals surface area contributed by atoms with Crippen molar-refractivity contribution in [2.24, 2.45) is 0 Å². The molecule has 0 aliphatic carbocycles. The number of benzene rings is 1. The summed E-state index contributed by atoms with van der Waals surface area (Å²) in [6, 6.07) is 5.35. The predicted molar refractivity (Wildman–Crippen MR) is 84.3 cm³/mol. The van der Waals surface area contributed by atoms with Crippen LogP contribution in [0.15, 0.2) is 36.7 Å². The van der Waals surface area contributed by atoms with Gasteiger partial charge in [-0.1, -0.05) is 0 Å². The number of hydrogen-bond donors (Lipinski definition) is 1. The van der Waals surface area contributed by atoms with E-state index in [1.54, 1.807) is 39.4 Å². The number of aryl methyl sites for hydroxylation is 1. The number of rotatable bonds is 5. The number of nitrogens with zero attached hydrogens (tertiary/aromatic N) is 3. The second kappa shape index (κ2) is 7.04. The molecule has 2 amide bonds. The van der Waals surface area contributed by atoms with Gasteiger partial charge in [-0.2, -0.15) is 5.10 Å². The highest BCUT2D eigenvalue weighted by atomic mass is 19.1. The van der Waals surface area contributed by atoms with Crippen LogP contribution in [0.25, 0.3) is 0 Å². The van der Waals surface area contributed by atoms with E-state index >= 15 is 0 Å². The van der Waals surface area contributed by atoms with E-state index in [4.69, 9.17) is 0 Å². The number of hydrogen-bond acceptors (Lipinski definition) is 3. The molecular weight excluding hydrogens is 299 g/mol. The Labute approximate surface area is 133 Å². The zero-order valence-electron chi connectivity index (χ0n) is 13.3. The molecular formula is C16H19FN4O2. The predicted octanol–water partition coefficient (Wildman–Crippen LogP) is 1.99. The van der Waals surface area contributed by atoms with E-state index in [1.165, 1.54) is 27.8 Å². The Balaban J connectivity index is 1.95. The van der Waals surface area contributed by atoms with Gasteiger partial charge in [0.05, 0.1) is 6.54 Å². The maximum absolute atomic E-state index is 13.1. The summed E-state index contributed by atoms with van der Waals surface area (Å²) in [6.07, 6.45) is 3.28. The zero-order valence-corrected chi connectivity index (χ0v) is 13.3. The largest absolute Gasteiger partial charge is 0.335 e. The third-order valence-electron chi connectivity index (χ3n) is 3.50. The molecule has 1 aromatic carbocycles. The summed E-state index contributed by atoms with van der Waals surface area (Å²) < 4.78 is 14.6. The second-order valence-corrected chi connectivity index (χ2v) is 5.36. The van der Waals surface area contributed by atoms with E-state index in [9.17, 15) is 14.0 Å². The van der Waals surface area contributed by atoms with Gasteiger partial charge in [0, 0.05) is 25.1 Å². The normalized spacial score (nSPS) is 11.8. The SMILES string of the molecule is Cc1cc(F)ccc1NC(=O)CN(C)C(=O)C(C)n1cccn1. The van der Waals surface area contributed by atoms with Gasteiger partial charge < -0.3 is 10.2 Å². The first-order chi connectivity index (χ1) is 10.9. The molecule has 1 atom stereocenters. The van der Waals surface area contributed by atoms with Gasteiger partial charge in [0.2, 0.25) is 11.8 Å². The lowest BCUT2D eigenvalue weighted by Gasteiger charge is -2.21. The van der Waals surface area contributed by atoms with Crippen LogP contribution < -0.4 is 5.32 Å². The molecule has 0 radical (unpaired) electrons. The average Bonchev–Trinajstić information content (AvgIpc) is 3.02. The molecule has 0 saturated heterocycles. The molecule has 2 aromatic rings. The third-order valence-corrected chi connectivity index (χ3v) is 3.50. The first-order valence-electron chi connectivity index (χ1n) is 7.18. The van der Waals surface area contributed by atoms with E-state index in [0.29, 0.717) is 11.3 Å².